The summed E-state index contributed by atoms with van der Waals surface area (Å²) < 4.78 is 5.24. The van der Waals surface area contributed by atoms with Crippen molar-refractivity contribution in [3.63, 3.8) is 0 Å². The van der Waals surface area contributed by atoms with Gasteiger partial charge in [-0.25, -0.2) is 4.79 Å². The zero-order valence-electron chi connectivity index (χ0n) is 11.0. The lowest BCUT2D eigenvalue weighted by Crippen LogP contribution is -2.09. The van der Waals surface area contributed by atoms with Crippen molar-refractivity contribution in [2.24, 2.45) is 0 Å². The van der Waals surface area contributed by atoms with Crippen molar-refractivity contribution in [2.45, 2.75) is 0 Å². The van der Waals surface area contributed by atoms with E-state index in [1.165, 1.54) is 30.3 Å². The molecule has 2 aromatic carbocycles. The maximum Gasteiger partial charge on any atom is 0.345 e. The van der Waals surface area contributed by atoms with Crippen LogP contribution in [0.25, 0.3) is 6.08 Å². The number of rotatable bonds is 4. The summed E-state index contributed by atoms with van der Waals surface area (Å²) in [5.41, 5.74) is 0.553. The fourth-order valence-corrected chi connectivity index (χ4v) is 2.15. The third-order valence-electron chi connectivity index (χ3n) is 2.65. The molecule has 0 bridgehead atoms. The molecule has 0 aliphatic carbocycles. The summed E-state index contributed by atoms with van der Waals surface area (Å²) >= 11 is 11.7. The molecular formula is C15H9Cl2NO4. The SMILES string of the molecule is O=C(Oc1ccccc1/C=C/[N+](=O)[O-])c1ccc(Cl)cc1Cl. The van der Waals surface area contributed by atoms with Crippen LogP contribution in [0.4, 0.5) is 0 Å². The Morgan fingerprint density at radius 1 is 1.18 bits per heavy atom. The second-order valence-electron chi connectivity index (χ2n) is 4.15. The molecule has 5 nitrogen and oxygen atoms in total. The molecular weight excluding hydrogens is 329 g/mol. The Kier molecular flexibility index (Phi) is 5.14. The Balaban J connectivity index is 2.27. The van der Waals surface area contributed by atoms with Crippen LogP contribution < -0.4 is 4.74 Å². The van der Waals surface area contributed by atoms with Crippen molar-refractivity contribution in [3.8, 4) is 5.75 Å². The van der Waals surface area contributed by atoms with Crippen LogP contribution in [-0.4, -0.2) is 10.9 Å². The smallest absolute Gasteiger partial charge is 0.345 e. The van der Waals surface area contributed by atoms with E-state index in [0.29, 0.717) is 10.6 Å². The highest BCUT2D eigenvalue weighted by molar-refractivity contribution is 6.36. The number of halogens is 2. The molecule has 0 saturated carbocycles. The van der Waals surface area contributed by atoms with Gasteiger partial charge in [0.05, 0.1) is 15.5 Å². The summed E-state index contributed by atoms with van der Waals surface area (Å²) in [5, 5.41) is 10.9. The molecule has 0 aliphatic rings. The number of carbonyl (C=O) groups excluding carboxylic acids is 1. The summed E-state index contributed by atoms with van der Waals surface area (Å²) in [7, 11) is 0. The lowest BCUT2D eigenvalue weighted by molar-refractivity contribution is -0.400. The normalized spacial score (nSPS) is 10.6. The summed E-state index contributed by atoms with van der Waals surface area (Å²) in [6, 6.07) is 10.8. The monoisotopic (exact) mass is 337 g/mol. The zero-order valence-corrected chi connectivity index (χ0v) is 12.5. The van der Waals surface area contributed by atoms with E-state index in [0.717, 1.165) is 6.20 Å². The Bertz CT molecular complexity index is 759. The number of ether oxygens (including phenoxy) is 1. The minimum absolute atomic E-state index is 0.152. The minimum atomic E-state index is -0.677. The van der Waals surface area contributed by atoms with Gasteiger partial charge in [0.2, 0.25) is 6.20 Å². The number of hydrogen-bond acceptors (Lipinski definition) is 4. The quantitative estimate of drug-likeness (QED) is 0.357. The molecule has 0 unspecified atom stereocenters. The van der Waals surface area contributed by atoms with E-state index in [-0.39, 0.29) is 16.3 Å². The van der Waals surface area contributed by atoms with Gasteiger partial charge in [0.25, 0.3) is 0 Å². The first kappa shape index (κ1) is 16.0. The third kappa shape index (κ3) is 4.07. The Hall–Kier alpha value is -2.37. The molecule has 0 saturated heterocycles. The number of hydrogen-bond donors (Lipinski definition) is 0. The van der Waals surface area contributed by atoms with Crippen LogP contribution in [0.15, 0.2) is 48.7 Å². The lowest BCUT2D eigenvalue weighted by Gasteiger charge is -2.08. The Morgan fingerprint density at radius 2 is 1.91 bits per heavy atom. The first-order valence-electron chi connectivity index (χ1n) is 6.05. The summed E-state index contributed by atoms with van der Waals surface area (Å²) in [6.07, 6.45) is 2.01. The van der Waals surface area contributed by atoms with E-state index in [2.05, 4.69) is 0 Å². The second kappa shape index (κ2) is 7.06. The number of nitrogens with zero attached hydrogens (tertiary/aromatic N) is 1. The van der Waals surface area contributed by atoms with Gasteiger partial charge >= 0.3 is 5.97 Å². The highest BCUT2D eigenvalue weighted by Gasteiger charge is 2.14. The van der Waals surface area contributed by atoms with Crippen molar-refractivity contribution in [3.05, 3.63) is 80.0 Å². The predicted molar refractivity (Wildman–Crippen MR) is 83.9 cm³/mol. The number of carbonyl (C=O) groups is 1. The van der Waals surface area contributed by atoms with Crippen LogP contribution in [0, 0.1) is 10.1 Å². The van der Waals surface area contributed by atoms with Gasteiger partial charge in [-0.1, -0.05) is 41.4 Å². The largest absolute Gasteiger partial charge is 0.422 e. The van der Waals surface area contributed by atoms with Gasteiger partial charge in [-0.3, -0.25) is 10.1 Å². The molecule has 22 heavy (non-hydrogen) atoms. The van der Waals surface area contributed by atoms with Crippen LogP contribution >= 0.6 is 23.2 Å². The van der Waals surface area contributed by atoms with E-state index < -0.39 is 10.9 Å². The van der Waals surface area contributed by atoms with Crippen molar-refractivity contribution >= 4 is 35.2 Å². The molecule has 0 fully saturated rings. The number of para-hydroxylation sites is 1. The average Bonchev–Trinajstić information content (AvgIpc) is 2.46. The molecule has 0 radical (unpaired) electrons. The average molecular weight is 338 g/mol. The van der Waals surface area contributed by atoms with Crippen molar-refractivity contribution in [2.75, 3.05) is 0 Å². The highest BCUT2D eigenvalue weighted by atomic mass is 35.5. The van der Waals surface area contributed by atoms with Crippen molar-refractivity contribution in [1.29, 1.82) is 0 Å². The topological polar surface area (TPSA) is 69.4 Å². The van der Waals surface area contributed by atoms with Gasteiger partial charge in [0.1, 0.15) is 5.75 Å². The van der Waals surface area contributed by atoms with Crippen LogP contribution in [0.3, 0.4) is 0 Å². The first-order chi connectivity index (χ1) is 10.5. The molecule has 112 valence electrons. The van der Waals surface area contributed by atoms with E-state index >= 15 is 0 Å². The fraction of sp³-hybridized carbons (Fsp3) is 0. The van der Waals surface area contributed by atoms with Gasteiger partial charge in [-0.05, 0) is 24.3 Å². The highest BCUT2D eigenvalue weighted by Crippen LogP contribution is 2.25. The zero-order chi connectivity index (χ0) is 16.1. The van der Waals surface area contributed by atoms with E-state index in [4.69, 9.17) is 27.9 Å². The maximum atomic E-state index is 12.1. The van der Waals surface area contributed by atoms with Gasteiger partial charge in [0, 0.05) is 16.7 Å². The summed E-state index contributed by atoms with van der Waals surface area (Å²) in [5.74, 6) is -0.486. The van der Waals surface area contributed by atoms with Crippen molar-refractivity contribution in [1.82, 2.24) is 0 Å². The first-order valence-corrected chi connectivity index (χ1v) is 6.81. The van der Waals surface area contributed by atoms with Crippen molar-refractivity contribution < 1.29 is 14.5 Å². The summed E-state index contributed by atoms with van der Waals surface area (Å²) in [6.45, 7) is 0. The number of benzene rings is 2. The molecule has 0 aliphatic heterocycles. The lowest BCUT2D eigenvalue weighted by atomic mass is 10.2. The second-order valence-corrected chi connectivity index (χ2v) is 5.00. The third-order valence-corrected chi connectivity index (χ3v) is 3.20. The molecule has 0 heterocycles. The van der Waals surface area contributed by atoms with E-state index in [9.17, 15) is 14.9 Å². The molecule has 0 spiro atoms. The van der Waals surface area contributed by atoms with E-state index in [1.807, 2.05) is 0 Å². The van der Waals surface area contributed by atoms with Gasteiger partial charge < -0.3 is 4.74 Å². The molecule has 7 heteroatoms. The molecule has 2 aromatic rings. The van der Waals surface area contributed by atoms with Crippen LogP contribution in [0.5, 0.6) is 5.75 Å². The Labute approximate surface area is 135 Å². The fourth-order valence-electron chi connectivity index (χ4n) is 1.66. The van der Waals surface area contributed by atoms with Gasteiger partial charge in [0.15, 0.2) is 0 Å². The maximum absolute atomic E-state index is 12.1. The molecule has 0 amide bonds. The van der Waals surface area contributed by atoms with Gasteiger partial charge in [-0.2, -0.15) is 0 Å². The van der Waals surface area contributed by atoms with Crippen LogP contribution in [0.2, 0.25) is 10.0 Å². The molecule has 0 aromatic heterocycles. The Morgan fingerprint density at radius 3 is 2.59 bits per heavy atom. The molecule has 2 rings (SSSR count). The van der Waals surface area contributed by atoms with Gasteiger partial charge in [-0.15, -0.1) is 0 Å². The molecule has 0 N–H and O–H groups in total. The number of nitro groups is 1. The summed E-state index contributed by atoms with van der Waals surface area (Å²) in [4.78, 5) is 21.9. The van der Waals surface area contributed by atoms with E-state index in [1.54, 1.807) is 18.2 Å². The minimum Gasteiger partial charge on any atom is -0.422 e. The van der Waals surface area contributed by atoms with Crippen LogP contribution in [0.1, 0.15) is 15.9 Å². The predicted octanol–water partition coefficient (Wildman–Crippen LogP) is 4.46. The number of esters is 1. The molecule has 0 atom stereocenters. The van der Waals surface area contributed by atoms with Crippen LogP contribution in [-0.2, 0) is 0 Å². The standard InChI is InChI=1S/C15H9Cl2NO4/c16-11-5-6-12(13(17)9-11)15(19)22-14-4-2-1-3-10(14)7-8-18(20)21/h1-9H/b8-7+.